The number of pyridine rings is 2. The lowest BCUT2D eigenvalue weighted by molar-refractivity contribution is -0.138. The van der Waals surface area contributed by atoms with E-state index in [-0.39, 0.29) is 23.3 Å². The third-order valence-corrected chi connectivity index (χ3v) is 6.74. The molecular weight excluding hydrogens is 388 g/mol. The standard InChI is InChI=1S/C25H28N4O2/c1-28-12-9-17(13-24(28)30)22-8-11-27-15-23(22)25(31)29(20-5-6-20)16-19-4-2-3-18-14-26-10-7-21(18)19/h2-4,7,9-10,12-14,20,22-23,27H,5-6,8,11,15-16H2,1H3/t22-,23+/m1/s1. The van der Waals surface area contributed by atoms with E-state index < -0.39 is 0 Å². The first kappa shape index (κ1) is 19.9. The molecule has 1 saturated carbocycles. The van der Waals surface area contributed by atoms with Crippen LogP contribution in [0.3, 0.4) is 0 Å². The fraction of sp³-hybridized carbons (Fsp3) is 0.400. The smallest absolute Gasteiger partial charge is 0.250 e. The summed E-state index contributed by atoms with van der Waals surface area (Å²) >= 11 is 0. The molecule has 160 valence electrons. The molecule has 2 aliphatic rings. The fourth-order valence-electron chi connectivity index (χ4n) is 4.81. The summed E-state index contributed by atoms with van der Waals surface area (Å²) in [6.07, 6.45) is 8.49. The van der Waals surface area contributed by atoms with Crippen LogP contribution in [0.1, 0.15) is 36.3 Å². The van der Waals surface area contributed by atoms with Gasteiger partial charge in [-0.1, -0.05) is 18.2 Å². The van der Waals surface area contributed by atoms with Crippen LogP contribution in [-0.2, 0) is 18.4 Å². The number of hydrogen-bond acceptors (Lipinski definition) is 4. The topological polar surface area (TPSA) is 67.2 Å². The number of piperidine rings is 1. The first-order valence-corrected chi connectivity index (χ1v) is 11.1. The van der Waals surface area contributed by atoms with E-state index in [9.17, 15) is 9.59 Å². The molecule has 0 radical (unpaired) electrons. The van der Waals surface area contributed by atoms with E-state index in [4.69, 9.17) is 0 Å². The second-order valence-corrected chi connectivity index (χ2v) is 8.83. The van der Waals surface area contributed by atoms with Crippen molar-refractivity contribution in [3.8, 4) is 0 Å². The minimum absolute atomic E-state index is 0.0226. The van der Waals surface area contributed by atoms with Crippen molar-refractivity contribution in [2.75, 3.05) is 13.1 Å². The first-order chi connectivity index (χ1) is 15.1. The number of rotatable bonds is 5. The van der Waals surface area contributed by atoms with Crippen LogP contribution in [0.25, 0.3) is 10.8 Å². The van der Waals surface area contributed by atoms with E-state index in [1.165, 1.54) is 0 Å². The fourth-order valence-corrected chi connectivity index (χ4v) is 4.81. The molecule has 2 fully saturated rings. The Morgan fingerprint density at radius 1 is 1.23 bits per heavy atom. The maximum Gasteiger partial charge on any atom is 0.250 e. The van der Waals surface area contributed by atoms with Gasteiger partial charge in [0.1, 0.15) is 0 Å². The summed E-state index contributed by atoms with van der Waals surface area (Å²) in [5, 5.41) is 5.66. The van der Waals surface area contributed by atoms with Gasteiger partial charge in [-0.25, -0.2) is 0 Å². The van der Waals surface area contributed by atoms with E-state index in [2.05, 4.69) is 27.3 Å². The Labute approximate surface area is 181 Å². The second kappa shape index (κ2) is 8.27. The summed E-state index contributed by atoms with van der Waals surface area (Å²) in [6, 6.07) is 12.3. The van der Waals surface area contributed by atoms with Gasteiger partial charge in [0.2, 0.25) is 5.91 Å². The molecule has 0 bridgehead atoms. The van der Waals surface area contributed by atoms with E-state index in [0.29, 0.717) is 19.1 Å². The van der Waals surface area contributed by atoms with E-state index in [0.717, 1.165) is 47.7 Å². The zero-order valence-electron chi connectivity index (χ0n) is 17.8. The maximum atomic E-state index is 13.8. The highest BCUT2D eigenvalue weighted by atomic mass is 16.2. The molecule has 1 saturated heterocycles. The zero-order chi connectivity index (χ0) is 21.4. The van der Waals surface area contributed by atoms with Crippen LogP contribution in [0, 0.1) is 5.92 Å². The number of carbonyl (C=O) groups excluding carboxylic acids is 1. The second-order valence-electron chi connectivity index (χ2n) is 8.83. The van der Waals surface area contributed by atoms with Gasteiger partial charge in [-0.2, -0.15) is 0 Å². The molecular formula is C25H28N4O2. The maximum absolute atomic E-state index is 13.8. The van der Waals surface area contributed by atoms with Crippen molar-refractivity contribution in [2.24, 2.45) is 13.0 Å². The Morgan fingerprint density at radius 2 is 2.10 bits per heavy atom. The van der Waals surface area contributed by atoms with Gasteiger partial charge in [0.15, 0.2) is 0 Å². The number of nitrogens with one attached hydrogen (secondary N) is 1. The normalized spacial score (nSPS) is 21.2. The molecule has 3 heterocycles. The Bertz CT molecular complexity index is 1160. The molecule has 6 heteroatoms. The van der Waals surface area contributed by atoms with E-state index in [1.54, 1.807) is 17.7 Å². The average Bonchev–Trinajstić information content (AvgIpc) is 3.64. The Kier molecular flexibility index (Phi) is 5.32. The number of benzene rings is 1. The summed E-state index contributed by atoms with van der Waals surface area (Å²) in [6.45, 7) is 2.13. The van der Waals surface area contributed by atoms with Gasteiger partial charge in [0, 0.05) is 56.2 Å². The minimum Gasteiger partial charge on any atom is -0.335 e. The summed E-state index contributed by atoms with van der Waals surface area (Å²) in [7, 11) is 1.76. The molecule has 3 aromatic rings. The van der Waals surface area contributed by atoms with Crippen LogP contribution in [-0.4, -0.2) is 39.5 Å². The van der Waals surface area contributed by atoms with Crippen LogP contribution in [0.4, 0.5) is 0 Å². The number of carbonyl (C=O) groups is 1. The Balaban J connectivity index is 1.45. The Morgan fingerprint density at radius 3 is 2.90 bits per heavy atom. The third kappa shape index (κ3) is 4.00. The molecule has 5 rings (SSSR count). The lowest BCUT2D eigenvalue weighted by atomic mass is 9.80. The van der Waals surface area contributed by atoms with Crippen LogP contribution in [0.5, 0.6) is 0 Å². The molecule has 31 heavy (non-hydrogen) atoms. The van der Waals surface area contributed by atoms with Crippen LogP contribution in [0.2, 0.25) is 0 Å². The highest BCUT2D eigenvalue weighted by Crippen LogP contribution is 2.36. The predicted molar refractivity (Wildman–Crippen MR) is 121 cm³/mol. The minimum atomic E-state index is -0.155. The molecule has 1 aliphatic carbocycles. The van der Waals surface area contributed by atoms with Gasteiger partial charge in [0.05, 0.1) is 5.92 Å². The lowest BCUT2D eigenvalue weighted by Gasteiger charge is -2.36. The van der Waals surface area contributed by atoms with Gasteiger partial charge in [-0.05, 0) is 60.4 Å². The number of amides is 1. The van der Waals surface area contributed by atoms with Gasteiger partial charge < -0.3 is 14.8 Å². The van der Waals surface area contributed by atoms with Crippen LogP contribution in [0.15, 0.2) is 59.8 Å². The highest BCUT2D eigenvalue weighted by molar-refractivity contribution is 5.86. The van der Waals surface area contributed by atoms with E-state index >= 15 is 0 Å². The van der Waals surface area contributed by atoms with Gasteiger partial charge in [-0.3, -0.25) is 14.6 Å². The summed E-state index contributed by atoms with van der Waals surface area (Å²) in [4.78, 5) is 32.4. The van der Waals surface area contributed by atoms with Crippen LogP contribution >= 0.6 is 0 Å². The van der Waals surface area contributed by atoms with Crippen molar-refractivity contribution in [1.29, 1.82) is 0 Å². The summed E-state index contributed by atoms with van der Waals surface area (Å²) < 4.78 is 1.58. The van der Waals surface area contributed by atoms with Crippen molar-refractivity contribution < 1.29 is 4.79 Å². The van der Waals surface area contributed by atoms with Crippen molar-refractivity contribution in [1.82, 2.24) is 19.8 Å². The zero-order valence-corrected chi connectivity index (χ0v) is 17.8. The third-order valence-electron chi connectivity index (χ3n) is 6.74. The molecule has 0 unspecified atom stereocenters. The molecule has 1 N–H and O–H groups in total. The number of aromatic nitrogens is 2. The van der Waals surface area contributed by atoms with Crippen molar-refractivity contribution in [3.63, 3.8) is 0 Å². The van der Waals surface area contributed by atoms with Gasteiger partial charge in [-0.15, -0.1) is 0 Å². The predicted octanol–water partition coefficient (Wildman–Crippen LogP) is 2.82. The van der Waals surface area contributed by atoms with E-state index in [1.807, 2.05) is 36.8 Å². The monoisotopic (exact) mass is 416 g/mol. The van der Waals surface area contributed by atoms with Gasteiger partial charge in [0.25, 0.3) is 5.56 Å². The quantitative estimate of drug-likeness (QED) is 0.695. The van der Waals surface area contributed by atoms with Gasteiger partial charge >= 0.3 is 0 Å². The average molecular weight is 417 g/mol. The van der Waals surface area contributed by atoms with Crippen molar-refractivity contribution in [3.05, 3.63) is 76.5 Å². The summed E-state index contributed by atoms with van der Waals surface area (Å²) in [5.74, 6) is 0.116. The summed E-state index contributed by atoms with van der Waals surface area (Å²) in [5.41, 5.74) is 2.12. The molecule has 1 aromatic carbocycles. The molecule has 2 aromatic heterocycles. The molecule has 1 amide bonds. The van der Waals surface area contributed by atoms with Crippen molar-refractivity contribution in [2.45, 2.75) is 37.8 Å². The van der Waals surface area contributed by atoms with Crippen LogP contribution < -0.4 is 10.9 Å². The molecule has 0 spiro atoms. The SMILES string of the molecule is Cn1ccc([C@H]2CCNC[C@@H]2C(=O)N(Cc2cccc3cnccc23)C2CC2)cc1=O. The number of hydrogen-bond donors (Lipinski definition) is 1. The Hall–Kier alpha value is -2.99. The highest BCUT2D eigenvalue weighted by Gasteiger charge is 2.40. The molecule has 6 nitrogen and oxygen atoms in total. The molecule has 1 aliphatic heterocycles. The number of fused-ring (bicyclic) bond motifs is 1. The molecule has 2 atom stereocenters. The first-order valence-electron chi connectivity index (χ1n) is 11.1. The largest absolute Gasteiger partial charge is 0.335 e. The number of nitrogens with zero attached hydrogens (tertiary/aromatic N) is 3. The number of aryl methyl sites for hydroxylation is 1. The lowest BCUT2D eigenvalue weighted by Crippen LogP contribution is -2.47. The van der Waals surface area contributed by atoms with Crippen molar-refractivity contribution >= 4 is 16.7 Å².